The lowest BCUT2D eigenvalue weighted by Crippen LogP contribution is -2.15. The SMILES string of the molecule is CCCn1cccc1CNc1ccc2c(c1)OCCO2. The molecule has 1 aromatic heterocycles. The normalized spacial score (nSPS) is 13.2. The zero-order valence-electron chi connectivity index (χ0n) is 11.8. The molecule has 0 aliphatic carbocycles. The van der Waals surface area contributed by atoms with Gasteiger partial charge >= 0.3 is 0 Å². The predicted octanol–water partition coefficient (Wildman–Crippen LogP) is 3.28. The van der Waals surface area contributed by atoms with Gasteiger partial charge in [0, 0.05) is 30.2 Å². The summed E-state index contributed by atoms with van der Waals surface area (Å²) in [5.41, 5.74) is 2.35. The standard InChI is InChI=1S/C16H20N2O2/c1-2-7-18-8-3-4-14(18)12-17-13-5-6-15-16(11-13)20-10-9-19-15/h3-6,8,11,17H,2,7,9-10,12H2,1H3. The third-order valence-corrected chi connectivity index (χ3v) is 3.40. The van der Waals surface area contributed by atoms with E-state index in [0.717, 1.165) is 36.7 Å². The lowest BCUT2D eigenvalue weighted by molar-refractivity contribution is 0.171. The maximum atomic E-state index is 5.59. The number of fused-ring (bicyclic) bond motifs is 1. The molecule has 3 rings (SSSR count). The Morgan fingerprint density at radius 3 is 2.85 bits per heavy atom. The zero-order chi connectivity index (χ0) is 13.8. The number of ether oxygens (including phenoxy) is 2. The number of aryl methyl sites for hydroxylation is 1. The molecule has 2 aromatic rings. The Balaban J connectivity index is 1.67. The maximum Gasteiger partial charge on any atom is 0.163 e. The van der Waals surface area contributed by atoms with E-state index >= 15 is 0 Å². The summed E-state index contributed by atoms with van der Waals surface area (Å²) in [6, 6.07) is 10.2. The number of hydrogen-bond acceptors (Lipinski definition) is 3. The van der Waals surface area contributed by atoms with Crippen molar-refractivity contribution in [3.05, 3.63) is 42.2 Å². The first-order valence-corrected chi connectivity index (χ1v) is 7.14. The lowest BCUT2D eigenvalue weighted by Gasteiger charge is -2.19. The molecule has 1 N–H and O–H groups in total. The van der Waals surface area contributed by atoms with Crippen LogP contribution in [0.1, 0.15) is 19.0 Å². The van der Waals surface area contributed by atoms with Crippen molar-refractivity contribution in [2.75, 3.05) is 18.5 Å². The van der Waals surface area contributed by atoms with Gasteiger partial charge in [0.2, 0.25) is 0 Å². The minimum absolute atomic E-state index is 0.621. The molecule has 0 saturated heterocycles. The lowest BCUT2D eigenvalue weighted by atomic mass is 10.2. The summed E-state index contributed by atoms with van der Waals surface area (Å²) in [6.07, 6.45) is 3.27. The minimum Gasteiger partial charge on any atom is -0.486 e. The van der Waals surface area contributed by atoms with Crippen molar-refractivity contribution in [3.8, 4) is 11.5 Å². The Morgan fingerprint density at radius 1 is 1.15 bits per heavy atom. The third-order valence-electron chi connectivity index (χ3n) is 3.40. The molecule has 20 heavy (non-hydrogen) atoms. The average Bonchev–Trinajstić information content (AvgIpc) is 2.93. The third kappa shape index (κ3) is 2.74. The van der Waals surface area contributed by atoms with Gasteiger partial charge in [0.1, 0.15) is 13.2 Å². The topological polar surface area (TPSA) is 35.4 Å². The molecule has 0 amide bonds. The molecule has 1 aromatic carbocycles. The molecule has 0 radical (unpaired) electrons. The van der Waals surface area contributed by atoms with Crippen molar-refractivity contribution in [1.29, 1.82) is 0 Å². The molecular formula is C16H20N2O2. The van der Waals surface area contributed by atoms with Crippen molar-refractivity contribution in [2.45, 2.75) is 26.4 Å². The highest BCUT2D eigenvalue weighted by Gasteiger charge is 2.11. The van der Waals surface area contributed by atoms with Gasteiger partial charge in [-0.25, -0.2) is 0 Å². The van der Waals surface area contributed by atoms with E-state index in [0.29, 0.717) is 13.2 Å². The largest absolute Gasteiger partial charge is 0.486 e. The molecule has 2 heterocycles. The first-order valence-electron chi connectivity index (χ1n) is 7.14. The Kier molecular flexibility index (Phi) is 3.81. The summed E-state index contributed by atoms with van der Waals surface area (Å²) in [7, 11) is 0. The number of hydrogen-bond donors (Lipinski definition) is 1. The highest BCUT2D eigenvalue weighted by atomic mass is 16.6. The number of aromatic nitrogens is 1. The molecule has 1 aliphatic heterocycles. The first kappa shape index (κ1) is 12.9. The Hall–Kier alpha value is -2.10. The molecular weight excluding hydrogens is 252 g/mol. The number of benzene rings is 1. The van der Waals surface area contributed by atoms with Crippen LogP contribution in [0.15, 0.2) is 36.5 Å². The van der Waals surface area contributed by atoms with Gasteiger partial charge in [0.25, 0.3) is 0 Å². The Morgan fingerprint density at radius 2 is 2.00 bits per heavy atom. The van der Waals surface area contributed by atoms with Crippen LogP contribution in [0.2, 0.25) is 0 Å². The van der Waals surface area contributed by atoms with Gasteiger partial charge in [-0.1, -0.05) is 6.92 Å². The molecule has 4 nitrogen and oxygen atoms in total. The molecule has 0 unspecified atom stereocenters. The zero-order valence-corrected chi connectivity index (χ0v) is 11.8. The summed E-state index contributed by atoms with van der Waals surface area (Å²) in [5, 5.41) is 3.44. The molecule has 0 bridgehead atoms. The highest BCUT2D eigenvalue weighted by Crippen LogP contribution is 2.32. The van der Waals surface area contributed by atoms with Crippen LogP contribution in [0.5, 0.6) is 11.5 Å². The Bertz CT molecular complexity index is 578. The monoisotopic (exact) mass is 272 g/mol. The van der Waals surface area contributed by atoms with E-state index in [1.165, 1.54) is 5.69 Å². The second-order valence-corrected chi connectivity index (χ2v) is 4.90. The van der Waals surface area contributed by atoms with Crippen molar-refractivity contribution in [3.63, 3.8) is 0 Å². The van der Waals surface area contributed by atoms with Gasteiger partial charge in [0.05, 0.1) is 6.54 Å². The van der Waals surface area contributed by atoms with Gasteiger partial charge in [-0.2, -0.15) is 0 Å². The smallest absolute Gasteiger partial charge is 0.163 e. The second kappa shape index (κ2) is 5.90. The summed E-state index contributed by atoms with van der Waals surface area (Å²) >= 11 is 0. The fraction of sp³-hybridized carbons (Fsp3) is 0.375. The van der Waals surface area contributed by atoms with Crippen LogP contribution in [0.25, 0.3) is 0 Å². The van der Waals surface area contributed by atoms with Crippen LogP contribution in [-0.2, 0) is 13.1 Å². The van der Waals surface area contributed by atoms with Gasteiger partial charge in [-0.15, -0.1) is 0 Å². The van der Waals surface area contributed by atoms with Crippen LogP contribution >= 0.6 is 0 Å². The minimum atomic E-state index is 0.621. The van der Waals surface area contributed by atoms with Crippen molar-refractivity contribution in [2.24, 2.45) is 0 Å². The predicted molar refractivity (Wildman–Crippen MR) is 79.5 cm³/mol. The van der Waals surface area contributed by atoms with Gasteiger partial charge < -0.3 is 19.4 Å². The fourth-order valence-corrected chi connectivity index (χ4v) is 2.41. The number of nitrogens with zero attached hydrogens (tertiary/aromatic N) is 1. The fourth-order valence-electron chi connectivity index (χ4n) is 2.41. The Labute approximate surface area is 119 Å². The number of anilines is 1. The molecule has 0 fully saturated rings. The first-order chi connectivity index (χ1) is 9.86. The van der Waals surface area contributed by atoms with Crippen LogP contribution in [0, 0.1) is 0 Å². The summed E-state index contributed by atoms with van der Waals surface area (Å²) < 4.78 is 13.4. The average molecular weight is 272 g/mol. The van der Waals surface area contributed by atoms with Gasteiger partial charge in [0.15, 0.2) is 11.5 Å². The maximum absolute atomic E-state index is 5.59. The van der Waals surface area contributed by atoms with E-state index in [-0.39, 0.29) is 0 Å². The molecule has 106 valence electrons. The summed E-state index contributed by atoms with van der Waals surface area (Å²) in [4.78, 5) is 0. The van der Waals surface area contributed by atoms with E-state index in [9.17, 15) is 0 Å². The number of nitrogens with one attached hydrogen (secondary N) is 1. The van der Waals surface area contributed by atoms with E-state index in [1.54, 1.807) is 0 Å². The van der Waals surface area contributed by atoms with Crippen LogP contribution < -0.4 is 14.8 Å². The quantitative estimate of drug-likeness (QED) is 0.907. The van der Waals surface area contributed by atoms with Crippen LogP contribution in [0.4, 0.5) is 5.69 Å². The van der Waals surface area contributed by atoms with Crippen molar-refractivity contribution < 1.29 is 9.47 Å². The molecule has 4 heteroatoms. The second-order valence-electron chi connectivity index (χ2n) is 4.90. The van der Waals surface area contributed by atoms with Gasteiger partial charge in [-0.05, 0) is 30.7 Å². The van der Waals surface area contributed by atoms with E-state index in [1.807, 2.05) is 18.2 Å². The van der Waals surface area contributed by atoms with E-state index in [4.69, 9.17) is 9.47 Å². The molecule has 0 saturated carbocycles. The molecule has 0 atom stereocenters. The molecule has 1 aliphatic rings. The van der Waals surface area contributed by atoms with Gasteiger partial charge in [-0.3, -0.25) is 0 Å². The highest BCUT2D eigenvalue weighted by molar-refractivity contribution is 5.55. The van der Waals surface area contributed by atoms with Crippen LogP contribution in [0.3, 0.4) is 0 Å². The number of rotatable bonds is 5. The van der Waals surface area contributed by atoms with Crippen molar-refractivity contribution >= 4 is 5.69 Å². The van der Waals surface area contributed by atoms with E-state index < -0.39 is 0 Å². The van der Waals surface area contributed by atoms with Crippen LogP contribution in [-0.4, -0.2) is 17.8 Å². The summed E-state index contributed by atoms with van der Waals surface area (Å²) in [5.74, 6) is 1.65. The summed E-state index contributed by atoms with van der Waals surface area (Å²) in [6.45, 7) is 5.32. The molecule has 0 spiro atoms. The van der Waals surface area contributed by atoms with Crippen molar-refractivity contribution in [1.82, 2.24) is 4.57 Å². The van der Waals surface area contributed by atoms with E-state index in [2.05, 4.69) is 35.1 Å².